The third-order valence-electron chi connectivity index (χ3n) is 3.44. The zero-order chi connectivity index (χ0) is 14.7. The molecule has 1 N–H and O–H groups in total. The Hall–Kier alpha value is -2.01. The molecule has 1 aliphatic rings. The van der Waals surface area contributed by atoms with Gasteiger partial charge in [-0.15, -0.1) is 0 Å². The lowest BCUT2D eigenvalue weighted by Crippen LogP contribution is -2.20. The van der Waals surface area contributed by atoms with Crippen molar-refractivity contribution < 1.29 is 13.2 Å². The standard InChI is InChI=1S/C16H17NO3S/c18-21(19)11-10-14(12-21)17-13-6-8-16(9-7-13)20-15-4-2-1-3-5-15/h1-9,14,17H,10-12H2/t14-/m0/s1. The summed E-state index contributed by atoms with van der Waals surface area (Å²) in [6.45, 7) is 0. The monoisotopic (exact) mass is 303 g/mol. The number of hydrogen-bond donors (Lipinski definition) is 1. The fourth-order valence-corrected chi connectivity index (χ4v) is 4.06. The van der Waals surface area contributed by atoms with Gasteiger partial charge in [0.25, 0.3) is 0 Å². The van der Waals surface area contributed by atoms with Crippen LogP contribution in [0.2, 0.25) is 0 Å². The third kappa shape index (κ3) is 3.76. The van der Waals surface area contributed by atoms with Gasteiger partial charge in [0.1, 0.15) is 11.5 Å². The van der Waals surface area contributed by atoms with Crippen LogP contribution < -0.4 is 10.1 Å². The highest BCUT2D eigenvalue weighted by Gasteiger charge is 2.27. The summed E-state index contributed by atoms with van der Waals surface area (Å²) in [6.07, 6.45) is 0.671. The van der Waals surface area contributed by atoms with Crippen LogP contribution in [0, 0.1) is 0 Å². The van der Waals surface area contributed by atoms with E-state index in [-0.39, 0.29) is 17.5 Å². The molecule has 3 rings (SSSR count). The van der Waals surface area contributed by atoms with Crippen LogP contribution in [0.5, 0.6) is 11.5 Å². The van der Waals surface area contributed by atoms with Gasteiger partial charge in [0, 0.05) is 11.7 Å². The van der Waals surface area contributed by atoms with E-state index < -0.39 is 9.84 Å². The van der Waals surface area contributed by atoms with Crippen molar-refractivity contribution >= 4 is 15.5 Å². The minimum absolute atomic E-state index is 0.0101. The van der Waals surface area contributed by atoms with Gasteiger partial charge in [0.05, 0.1) is 11.5 Å². The van der Waals surface area contributed by atoms with E-state index in [2.05, 4.69) is 5.32 Å². The van der Waals surface area contributed by atoms with Gasteiger partial charge in [-0.3, -0.25) is 0 Å². The Balaban J connectivity index is 1.62. The maximum Gasteiger partial charge on any atom is 0.152 e. The molecule has 5 heteroatoms. The van der Waals surface area contributed by atoms with Crippen molar-refractivity contribution in [1.29, 1.82) is 0 Å². The minimum atomic E-state index is -2.85. The number of para-hydroxylation sites is 1. The normalized spacial score (nSPS) is 20.1. The molecule has 1 atom stereocenters. The Morgan fingerprint density at radius 1 is 0.952 bits per heavy atom. The van der Waals surface area contributed by atoms with Crippen LogP contribution in [0.15, 0.2) is 54.6 Å². The summed E-state index contributed by atoms with van der Waals surface area (Å²) in [5, 5.41) is 3.25. The van der Waals surface area contributed by atoms with Crippen molar-refractivity contribution in [2.45, 2.75) is 12.5 Å². The second kappa shape index (κ2) is 5.77. The fourth-order valence-electron chi connectivity index (χ4n) is 2.39. The van der Waals surface area contributed by atoms with Gasteiger partial charge < -0.3 is 10.1 Å². The Bertz CT molecular complexity index is 696. The molecule has 2 aromatic carbocycles. The van der Waals surface area contributed by atoms with Crippen LogP contribution in [-0.2, 0) is 9.84 Å². The van der Waals surface area contributed by atoms with Gasteiger partial charge in [0.15, 0.2) is 9.84 Å². The molecule has 110 valence electrons. The predicted molar refractivity (Wildman–Crippen MR) is 83.6 cm³/mol. The molecule has 0 radical (unpaired) electrons. The second-order valence-corrected chi connectivity index (χ2v) is 7.41. The molecule has 4 nitrogen and oxygen atoms in total. The largest absolute Gasteiger partial charge is 0.457 e. The fraction of sp³-hybridized carbons (Fsp3) is 0.250. The quantitative estimate of drug-likeness (QED) is 0.943. The van der Waals surface area contributed by atoms with Gasteiger partial charge in [-0.1, -0.05) is 18.2 Å². The summed E-state index contributed by atoms with van der Waals surface area (Å²) in [5.41, 5.74) is 0.914. The maximum atomic E-state index is 11.4. The zero-order valence-electron chi connectivity index (χ0n) is 11.5. The van der Waals surface area contributed by atoms with Crippen molar-refractivity contribution in [1.82, 2.24) is 0 Å². The molecule has 0 saturated carbocycles. The molecular formula is C16H17NO3S. The lowest BCUT2D eigenvalue weighted by atomic mass is 10.2. The van der Waals surface area contributed by atoms with Crippen molar-refractivity contribution in [2.75, 3.05) is 16.8 Å². The Kier molecular flexibility index (Phi) is 3.84. The second-order valence-electron chi connectivity index (χ2n) is 5.18. The van der Waals surface area contributed by atoms with E-state index in [1.165, 1.54) is 0 Å². The van der Waals surface area contributed by atoms with E-state index in [0.717, 1.165) is 17.2 Å². The van der Waals surface area contributed by atoms with Crippen molar-refractivity contribution in [3.05, 3.63) is 54.6 Å². The molecule has 0 aliphatic carbocycles. The summed E-state index contributed by atoms with van der Waals surface area (Å²) >= 11 is 0. The number of hydrogen-bond acceptors (Lipinski definition) is 4. The molecule has 21 heavy (non-hydrogen) atoms. The lowest BCUT2D eigenvalue weighted by molar-refractivity contribution is 0.483. The minimum Gasteiger partial charge on any atom is -0.457 e. The summed E-state index contributed by atoms with van der Waals surface area (Å²) < 4.78 is 28.6. The maximum absolute atomic E-state index is 11.4. The Morgan fingerprint density at radius 2 is 1.62 bits per heavy atom. The molecule has 0 bridgehead atoms. The van der Waals surface area contributed by atoms with Crippen LogP contribution in [0.4, 0.5) is 5.69 Å². The molecular weight excluding hydrogens is 286 g/mol. The van der Waals surface area contributed by atoms with Crippen molar-refractivity contribution in [2.24, 2.45) is 0 Å². The first kappa shape index (κ1) is 13.9. The molecule has 0 aromatic heterocycles. The van der Waals surface area contributed by atoms with E-state index in [0.29, 0.717) is 6.42 Å². The van der Waals surface area contributed by atoms with Crippen molar-refractivity contribution in [3.63, 3.8) is 0 Å². The first-order valence-electron chi connectivity index (χ1n) is 6.91. The van der Waals surface area contributed by atoms with Gasteiger partial charge in [-0.2, -0.15) is 0 Å². The Morgan fingerprint density at radius 3 is 2.24 bits per heavy atom. The topological polar surface area (TPSA) is 55.4 Å². The first-order valence-corrected chi connectivity index (χ1v) is 8.73. The highest BCUT2D eigenvalue weighted by atomic mass is 32.2. The third-order valence-corrected chi connectivity index (χ3v) is 5.20. The smallest absolute Gasteiger partial charge is 0.152 e. The lowest BCUT2D eigenvalue weighted by Gasteiger charge is -2.13. The van der Waals surface area contributed by atoms with Gasteiger partial charge in [-0.25, -0.2) is 8.42 Å². The molecule has 1 fully saturated rings. The summed E-state index contributed by atoms with van der Waals surface area (Å²) in [6, 6.07) is 17.2. The van der Waals surface area contributed by atoms with Crippen LogP contribution in [0.3, 0.4) is 0 Å². The summed E-state index contributed by atoms with van der Waals surface area (Å²) in [5.74, 6) is 2.04. The molecule has 1 heterocycles. The summed E-state index contributed by atoms with van der Waals surface area (Å²) in [4.78, 5) is 0. The number of ether oxygens (including phenoxy) is 1. The highest BCUT2D eigenvalue weighted by Crippen LogP contribution is 2.24. The number of benzene rings is 2. The van der Waals surface area contributed by atoms with E-state index in [4.69, 9.17) is 4.74 Å². The molecule has 1 aliphatic heterocycles. The number of sulfone groups is 1. The molecule has 0 amide bonds. The van der Waals surface area contributed by atoms with E-state index >= 15 is 0 Å². The number of anilines is 1. The van der Waals surface area contributed by atoms with Crippen LogP contribution in [0.1, 0.15) is 6.42 Å². The van der Waals surface area contributed by atoms with Gasteiger partial charge in [-0.05, 0) is 42.8 Å². The molecule has 0 spiro atoms. The number of nitrogens with one attached hydrogen (secondary N) is 1. The van der Waals surface area contributed by atoms with Crippen molar-refractivity contribution in [3.8, 4) is 11.5 Å². The first-order chi connectivity index (χ1) is 10.1. The highest BCUT2D eigenvalue weighted by molar-refractivity contribution is 7.91. The predicted octanol–water partition coefficient (Wildman–Crippen LogP) is 3.08. The summed E-state index contributed by atoms with van der Waals surface area (Å²) in [7, 11) is -2.85. The van der Waals surface area contributed by atoms with E-state index in [1.54, 1.807) is 0 Å². The van der Waals surface area contributed by atoms with E-state index in [9.17, 15) is 8.42 Å². The van der Waals surface area contributed by atoms with Gasteiger partial charge in [0.2, 0.25) is 0 Å². The van der Waals surface area contributed by atoms with Crippen LogP contribution >= 0.6 is 0 Å². The molecule has 0 unspecified atom stereocenters. The van der Waals surface area contributed by atoms with Crippen LogP contribution in [-0.4, -0.2) is 26.0 Å². The molecule has 1 saturated heterocycles. The van der Waals surface area contributed by atoms with Crippen LogP contribution in [0.25, 0.3) is 0 Å². The number of rotatable bonds is 4. The van der Waals surface area contributed by atoms with Gasteiger partial charge >= 0.3 is 0 Å². The zero-order valence-corrected chi connectivity index (χ0v) is 12.3. The average molecular weight is 303 g/mol. The SMILES string of the molecule is O=S1(=O)CC[C@H](Nc2ccc(Oc3ccccc3)cc2)C1. The Labute approximate surface area is 124 Å². The average Bonchev–Trinajstić information content (AvgIpc) is 2.81. The van der Waals surface area contributed by atoms with E-state index in [1.807, 2.05) is 54.6 Å². The molecule has 2 aromatic rings.